The molecule has 0 spiro atoms. The Labute approximate surface area is 99.7 Å². The Kier molecular flexibility index (Phi) is 4.71. The van der Waals surface area contributed by atoms with Gasteiger partial charge in [0.2, 0.25) is 5.75 Å². The van der Waals surface area contributed by atoms with E-state index in [0.29, 0.717) is 12.2 Å². The first kappa shape index (κ1) is 13.2. The largest absolute Gasteiger partial charge is 0.493 e. The molecule has 0 amide bonds. The highest BCUT2D eigenvalue weighted by atomic mass is 16.6. The van der Waals surface area contributed by atoms with Crippen LogP contribution in [-0.4, -0.2) is 32.7 Å². The van der Waals surface area contributed by atoms with Crippen molar-refractivity contribution in [2.24, 2.45) is 0 Å². The number of methoxy groups -OCH3 is 2. The molecule has 6 heteroatoms. The van der Waals surface area contributed by atoms with E-state index in [1.807, 2.05) is 7.05 Å². The van der Waals surface area contributed by atoms with Crippen LogP contribution in [0.4, 0.5) is 5.69 Å². The molecule has 0 aliphatic carbocycles. The molecule has 0 bridgehead atoms. The first-order valence-corrected chi connectivity index (χ1v) is 5.18. The SMILES string of the molecule is CNCCc1cc(OC)c(OC)c([N+](=O)[O-])c1. The minimum Gasteiger partial charge on any atom is -0.493 e. The number of nitro benzene ring substituents is 1. The van der Waals surface area contributed by atoms with E-state index < -0.39 is 4.92 Å². The zero-order valence-corrected chi connectivity index (χ0v) is 10.1. The standard InChI is InChI=1S/C11H16N2O4/c1-12-5-4-8-6-9(13(14)15)11(17-3)10(7-8)16-2/h6-7,12H,4-5H2,1-3H3. The molecule has 0 fully saturated rings. The van der Waals surface area contributed by atoms with Crippen molar-refractivity contribution in [1.82, 2.24) is 5.32 Å². The van der Waals surface area contributed by atoms with Crippen LogP contribution >= 0.6 is 0 Å². The molecule has 1 aromatic rings. The van der Waals surface area contributed by atoms with Crippen LogP contribution in [-0.2, 0) is 6.42 Å². The molecule has 0 atom stereocenters. The molecule has 0 heterocycles. The summed E-state index contributed by atoms with van der Waals surface area (Å²) < 4.78 is 10.1. The van der Waals surface area contributed by atoms with Crippen LogP contribution in [0.2, 0.25) is 0 Å². The fourth-order valence-corrected chi connectivity index (χ4v) is 1.55. The van der Waals surface area contributed by atoms with E-state index in [4.69, 9.17) is 9.47 Å². The second-order valence-electron chi connectivity index (χ2n) is 3.46. The van der Waals surface area contributed by atoms with E-state index >= 15 is 0 Å². The van der Waals surface area contributed by atoms with Gasteiger partial charge < -0.3 is 14.8 Å². The van der Waals surface area contributed by atoms with Crippen LogP contribution in [0, 0.1) is 10.1 Å². The van der Waals surface area contributed by atoms with Crippen molar-refractivity contribution in [3.63, 3.8) is 0 Å². The summed E-state index contributed by atoms with van der Waals surface area (Å²) >= 11 is 0. The number of hydrogen-bond acceptors (Lipinski definition) is 5. The molecule has 1 rings (SSSR count). The molecule has 17 heavy (non-hydrogen) atoms. The molecule has 94 valence electrons. The molecule has 6 nitrogen and oxygen atoms in total. The number of hydrogen-bond donors (Lipinski definition) is 1. The van der Waals surface area contributed by atoms with Gasteiger partial charge >= 0.3 is 5.69 Å². The topological polar surface area (TPSA) is 73.6 Å². The Hall–Kier alpha value is -1.82. The lowest BCUT2D eigenvalue weighted by molar-refractivity contribution is -0.385. The highest BCUT2D eigenvalue weighted by Crippen LogP contribution is 2.37. The fourth-order valence-electron chi connectivity index (χ4n) is 1.55. The smallest absolute Gasteiger partial charge is 0.315 e. The van der Waals surface area contributed by atoms with Gasteiger partial charge in [0, 0.05) is 6.07 Å². The molecular formula is C11H16N2O4. The maximum Gasteiger partial charge on any atom is 0.315 e. The minimum atomic E-state index is -0.468. The Balaban J connectivity index is 3.20. The van der Waals surface area contributed by atoms with E-state index in [9.17, 15) is 10.1 Å². The normalized spacial score (nSPS) is 10.1. The second kappa shape index (κ2) is 6.05. The Morgan fingerprint density at radius 3 is 2.53 bits per heavy atom. The van der Waals surface area contributed by atoms with Crippen molar-refractivity contribution in [2.75, 3.05) is 27.8 Å². The molecular weight excluding hydrogens is 224 g/mol. The molecule has 0 aliphatic rings. The summed E-state index contributed by atoms with van der Waals surface area (Å²) in [4.78, 5) is 10.5. The van der Waals surface area contributed by atoms with Crippen LogP contribution in [0.1, 0.15) is 5.56 Å². The van der Waals surface area contributed by atoms with Crippen molar-refractivity contribution >= 4 is 5.69 Å². The van der Waals surface area contributed by atoms with Crippen LogP contribution < -0.4 is 14.8 Å². The van der Waals surface area contributed by atoms with Crippen molar-refractivity contribution in [3.05, 3.63) is 27.8 Å². The van der Waals surface area contributed by atoms with Crippen LogP contribution in [0.25, 0.3) is 0 Å². The number of benzene rings is 1. The van der Waals surface area contributed by atoms with E-state index in [2.05, 4.69) is 5.32 Å². The highest BCUT2D eigenvalue weighted by molar-refractivity contribution is 5.58. The molecule has 0 aliphatic heterocycles. The van der Waals surface area contributed by atoms with Gasteiger partial charge in [-0.05, 0) is 31.6 Å². The van der Waals surface area contributed by atoms with Gasteiger partial charge in [-0.15, -0.1) is 0 Å². The number of ether oxygens (including phenoxy) is 2. The van der Waals surface area contributed by atoms with Gasteiger partial charge in [-0.2, -0.15) is 0 Å². The molecule has 0 saturated heterocycles. The van der Waals surface area contributed by atoms with E-state index in [1.165, 1.54) is 20.3 Å². The molecule has 1 N–H and O–H groups in total. The third kappa shape index (κ3) is 3.07. The zero-order chi connectivity index (χ0) is 12.8. The van der Waals surface area contributed by atoms with Crippen LogP contribution in [0.3, 0.4) is 0 Å². The average Bonchev–Trinajstić information content (AvgIpc) is 2.34. The van der Waals surface area contributed by atoms with Gasteiger partial charge in [-0.3, -0.25) is 10.1 Å². The molecule has 0 aromatic heterocycles. The Morgan fingerprint density at radius 1 is 1.35 bits per heavy atom. The van der Waals surface area contributed by atoms with Gasteiger partial charge in [0.25, 0.3) is 0 Å². The lowest BCUT2D eigenvalue weighted by Crippen LogP contribution is -2.10. The number of likely N-dealkylation sites (N-methyl/N-ethyl adjacent to an activating group) is 1. The zero-order valence-electron chi connectivity index (χ0n) is 10.1. The fraction of sp³-hybridized carbons (Fsp3) is 0.455. The number of nitrogens with zero attached hydrogens (tertiary/aromatic N) is 1. The third-order valence-corrected chi connectivity index (χ3v) is 2.38. The lowest BCUT2D eigenvalue weighted by atomic mass is 10.1. The van der Waals surface area contributed by atoms with Crippen LogP contribution in [0.5, 0.6) is 11.5 Å². The summed E-state index contributed by atoms with van der Waals surface area (Å²) in [5, 5.41) is 13.9. The maximum atomic E-state index is 10.9. The summed E-state index contributed by atoms with van der Waals surface area (Å²) in [7, 11) is 4.68. The first-order valence-electron chi connectivity index (χ1n) is 5.18. The van der Waals surface area contributed by atoms with Gasteiger partial charge in [-0.25, -0.2) is 0 Å². The van der Waals surface area contributed by atoms with Crippen molar-refractivity contribution in [2.45, 2.75) is 6.42 Å². The predicted octanol–water partition coefficient (Wildman–Crippen LogP) is 1.37. The molecule has 0 saturated carbocycles. The van der Waals surface area contributed by atoms with E-state index in [0.717, 1.165) is 12.1 Å². The van der Waals surface area contributed by atoms with Gasteiger partial charge in [-0.1, -0.05) is 0 Å². The number of rotatable bonds is 6. The number of nitro groups is 1. The monoisotopic (exact) mass is 240 g/mol. The van der Waals surface area contributed by atoms with E-state index in [1.54, 1.807) is 6.07 Å². The first-order chi connectivity index (χ1) is 8.13. The summed E-state index contributed by atoms with van der Waals surface area (Å²) in [5.74, 6) is 0.540. The quantitative estimate of drug-likeness (QED) is 0.600. The second-order valence-corrected chi connectivity index (χ2v) is 3.46. The average molecular weight is 240 g/mol. The van der Waals surface area contributed by atoms with Crippen molar-refractivity contribution < 1.29 is 14.4 Å². The molecule has 0 radical (unpaired) electrons. The van der Waals surface area contributed by atoms with Gasteiger partial charge in [0.1, 0.15) is 0 Å². The van der Waals surface area contributed by atoms with Gasteiger partial charge in [0.15, 0.2) is 5.75 Å². The third-order valence-electron chi connectivity index (χ3n) is 2.38. The summed E-state index contributed by atoms with van der Waals surface area (Å²) in [6, 6.07) is 3.27. The minimum absolute atomic E-state index is 0.0713. The van der Waals surface area contributed by atoms with Crippen molar-refractivity contribution in [1.29, 1.82) is 0 Å². The summed E-state index contributed by atoms with van der Waals surface area (Å²) in [6.45, 7) is 0.743. The van der Waals surface area contributed by atoms with Gasteiger partial charge in [0.05, 0.1) is 19.1 Å². The highest BCUT2D eigenvalue weighted by Gasteiger charge is 2.21. The Bertz CT molecular complexity index is 407. The predicted molar refractivity (Wildman–Crippen MR) is 63.8 cm³/mol. The lowest BCUT2D eigenvalue weighted by Gasteiger charge is -2.10. The Morgan fingerprint density at radius 2 is 2.06 bits per heavy atom. The van der Waals surface area contributed by atoms with E-state index in [-0.39, 0.29) is 11.4 Å². The summed E-state index contributed by atoms with van der Waals surface area (Å²) in [6.07, 6.45) is 0.692. The maximum absolute atomic E-state index is 10.9. The molecule has 1 aromatic carbocycles. The number of nitrogens with one attached hydrogen (secondary N) is 1. The van der Waals surface area contributed by atoms with Crippen LogP contribution in [0.15, 0.2) is 12.1 Å². The van der Waals surface area contributed by atoms with Crippen molar-refractivity contribution in [3.8, 4) is 11.5 Å². The molecule has 0 unspecified atom stereocenters. The summed E-state index contributed by atoms with van der Waals surface area (Å²) in [5.41, 5.74) is 0.765.